The van der Waals surface area contributed by atoms with Crippen molar-refractivity contribution >= 4 is 16.1 Å². The van der Waals surface area contributed by atoms with E-state index in [0.717, 1.165) is 11.0 Å². The standard InChI is InChI=1S/C12H17NO3S/c1-12(2,3)13(14)9-10-7-5-6-8-11(10)17(4,15)16/h5-9H,1-4H3. The van der Waals surface area contributed by atoms with Crippen molar-refractivity contribution in [1.82, 2.24) is 0 Å². The highest BCUT2D eigenvalue weighted by Gasteiger charge is 2.20. The molecule has 0 N–H and O–H groups in total. The van der Waals surface area contributed by atoms with Crippen LogP contribution in [0.2, 0.25) is 0 Å². The maximum absolute atomic E-state index is 11.8. The van der Waals surface area contributed by atoms with Crippen molar-refractivity contribution in [1.29, 1.82) is 0 Å². The first kappa shape index (κ1) is 13.7. The second-order valence-corrected chi connectivity index (χ2v) is 6.92. The third-order valence-corrected chi connectivity index (χ3v) is 3.41. The van der Waals surface area contributed by atoms with Gasteiger partial charge in [0.1, 0.15) is 0 Å². The SMILES string of the molecule is CC(C)(C)[N+]([O-])=Cc1ccccc1S(C)(=O)=O. The minimum absolute atomic E-state index is 0.171. The van der Waals surface area contributed by atoms with E-state index in [0.29, 0.717) is 5.56 Å². The Kier molecular flexibility index (Phi) is 3.62. The van der Waals surface area contributed by atoms with Gasteiger partial charge in [0, 0.05) is 27.0 Å². The number of nitrogens with zero attached hydrogens (tertiary/aromatic N) is 1. The molecule has 1 aromatic carbocycles. The van der Waals surface area contributed by atoms with Crippen LogP contribution < -0.4 is 0 Å². The first-order valence-corrected chi connectivity index (χ1v) is 7.12. The zero-order valence-electron chi connectivity index (χ0n) is 10.5. The van der Waals surface area contributed by atoms with Gasteiger partial charge in [-0.05, 0) is 12.1 Å². The highest BCUT2D eigenvalue weighted by molar-refractivity contribution is 7.90. The van der Waals surface area contributed by atoms with Crippen molar-refractivity contribution in [2.75, 3.05) is 6.26 Å². The van der Waals surface area contributed by atoms with Gasteiger partial charge in [-0.25, -0.2) is 13.2 Å². The highest BCUT2D eigenvalue weighted by Crippen LogP contribution is 2.14. The summed E-state index contributed by atoms with van der Waals surface area (Å²) in [6.45, 7) is 5.29. The average Bonchev–Trinajstić information content (AvgIpc) is 2.15. The zero-order chi connectivity index (χ0) is 13.3. The molecule has 0 saturated heterocycles. The summed E-state index contributed by atoms with van der Waals surface area (Å²) in [6, 6.07) is 6.46. The van der Waals surface area contributed by atoms with Crippen molar-refractivity contribution in [3.8, 4) is 0 Å². The minimum atomic E-state index is -3.32. The Morgan fingerprint density at radius 1 is 1.24 bits per heavy atom. The van der Waals surface area contributed by atoms with Crippen LogP contribution >= 0.6 is 0 Å². The monoisotopic (exact) mass is 255 g/mol. The molecule has 5 heteroatoms. The summed E-state index contributed by atoms with van der Waals surface area (Å²) < 4.78 is 23.8. The van der Waals surface area contributed by atoms with E-state index in [2.05, 4.69) is 0 Å². The van der Waals surface area contributed by atoms with Gasteiger partial charge in [0.05, 0.1) is 10.5 Å². The zero-order valence-corrected chi connectivity index (χ0v) is 11.3. The molecule has 94 valence electrons. The van der Waals surface area contributed by atoms with Gasteiger partial charge < -0.3 is 5.21 Å². The molecule has 1 aromatic rings. The number of hydrogen-bond acceptors (Lipinski definition) is 3. The van der Waals surface area contributed by atoms with Crippen LogP contribution in [0.5, 0.6) is 0 Å². The van der Waals surface area contributed by atoms with Crippen LogP contribution in [0.25, 0.3) is 0 Å². The molecule has 0 radical (unpaired) electrons. The first-order valence-electron chi connectivity index (χ1n) is 5.23. The summed E-state index contributed by atoms with van der Waals surface area (Å²) in [5.74, 6) is 0. The molecule has 0 fully saturated rings. The molecular formula is C12H17NO3S. The molecule has 0 unspecified atom stereocenters. The third-order valence-electron chi connectivity index (χ3n) is 2.24. The van der Waals surface area contributed by atoms with Crippen LogP contribution in [0.3, 0.4) is 0 Å². The highest BCUT2D eigenvalue weighted by atomic mass is 32.2. The van der Waals surface area contributed by atoms with Crippen molar-refractivity contribution in [2.45, 2.75) is 31.2 Å². The summed E-state index contributed by atoms with van der Waals surface area (Å²) in [7, 11) is -3.32. The molecule has 17 heavy (non-hydrogen) atoms. The fourth-order valence-electron chi connectivity index (χ4n) is 1.24. The Hall–Kier alpha value is -1.36. The van der Waals surface area contributed by atoms with Crippen LogP contribution in [0.4, 0.5) is 0 Å². The van der Waals surface area contributed by atoms with E-state index in [4.69, 9.17) is 0 Å². The molecule has 4 nitrogen and oxygen atoms in total. The van der Waals surface area contributed by atoms with Gasteiger partial charge in [0.2, 0.25) is 0 Å². The van der Waals surface area contributed by atoms with E-state index >= 15 is 0 Å². The van der Waals surface area contributed by atoms with Gasteiger partial charge in [0.25, 0.3) is 0 Å². The second kappa shape index (κ2) is 4.49. The topological polar surface area (TPSA) is 60.2 Å². The molecule has 1 rings (SSSR count). The number of sulfone groups is 1. The fourth-order valence-corrected chi connectivity index (χ4v) is 2.12. The van der Waals surface area contributed by atoms with Crippen LogP contribution in [-0.4, -0.2) is 31.2 Å². The molecule has 0 aliphatic carbocycles. The Balaban J connectivity index is 3.35. The molecular weight excluding hydrogens is 238 g/mol. The summed E-state index contributed by atoms with van der Waals surface area (Å²) in [5, 5.41) is 11.8. The molecule has 0 atom stereocenters. The van der Waals surface area contributed by atoms with Crippen molar-refractivity contribution in [3.63, 3.8) is 0 Å². The Labute approximate surface area is 102 Å². The van der Waals surface area contributed by atoms with Gasteiger partial charge >= 0.3 is 0 Å². The van der Waals surface area contributed by atoms with Crippen LogP contribution in [0, 0.1) is 5.21 Å². The Morgan fingerprint density at radius 3 is 2.24 bits per heavy atom. The van der Waals surface area contributed by atoms with Gasteiger partial charge in [-0.3, -0.25) is 0 Å². The smallest absolute Gasteiger partial charge is 0.183 e. The summed E-state index contributed by atoms with van der Waals surface area (Å²) in [6.07, 6.45) is 2.45. The molecule has 0 aromatic heterocycles. The summed E-state index contributed by atoms with van der Waals surface area (Å²) >= 11 is 0. The lowest BCUT2D eigenvalue weighted by Gasteiger charge is -2.18. The molecule has 0 amide bonds. The maximum atomic E-state index is 11.8. The molecule has 0 aliphatic rings. The van der Waals surface area contributed by atoms with Gasteiger partial charge in [0.15, 0.2) is 21.6 Å². The predicted molar refractivity (Wildman–Crippen MR) is 68.1 cm³/mol. The number of hydroxylamine groups is 1. The van der Waals surface area contributed by atoms with E-state index in [9.17, 15) is 13.6 Å². The molecule has 0 saturated carbocycles. The third kappa shape index (κ3) is 3.56. The first-order chi connectivity index (χ1) is 7.62. The van der Waals surface area contributed by atoms with Gasteiger partial charge in [-0.1, -0.05) is 12.1 Å². The molecule has 0 aliphatic heterocycles. The number of rotatable bonds is 2. The Morgan fingerprint density at radius 2 is 1.76 bits per heavy atom. The normalized spacial score (nSPS) is 13.8. The molecule has 0 heterocycles. The average molecular weight is 255 g/mol. The van der Waals surface area contributed by atoms with E-state index in [1.165, 1.54) is 12.3 Å². The van der Waals surface area contributed by atoms with E-state index in [1.54, 1.807) is 39.0 Å². The fraction of sp³-hybridized carbons (Fsp3) is 0.417. The van der Waals surface area contributed by atoms with Crippen molar-refractivity contribution < 1.29 is 13.2 Å². The lowest BCUT2D eigenvalue weighted by molar-refractivity contribution is -0.530. The molecule has 0 spiro atoms. The maximum Gasteiger partial charge on any atom is 0.183 e. The van der Waals surface area contributed by atoms with Crippen LogP contribution in [-0.2, 0) is 9.84 Å². The van der Waals surface area contributed by atoms with Crippen LogP contribution in [0.1, 0.15) is 26.3 Å². The largest absolute Gasteiger partial charge is 0.623 e. The van der Waals surface area contributed by atoms with Crippen molar-refractivity contribution in [2.24, 2.45) is 0 Å². The quantitative estimate of drug-likeness (QED) is 0.350. The number of hydrogen-bond donors (Lipinski definition) is 0. The number of benzene rings is 1. The van der Waals surface area contributed by atoms with Gasteiger partial charge in [-0.2, -0.15) is 0 Å². The van der Waals surface area contributed by atoms with Crippen molar-refractivity contribution in [3.05, 3.63) is 35.0 Å². The summed E-state index contributed by atoms with van der Waals surface area (Å²) in [4.78, 5) is 0.171. The summed E-state index contributed by atoms with van der Waals surface area (Å²) in [5.41, 5.74) is -0.176. The van der Waals surface area contributed by atoms with Gasteiger partial charge in [-0.15, -0.1) is 0 Å². The predicted octanol–water partition coefficient (Wildman–Crippen LogP) is 1.82. The van der Waals surface area contributed by atoms with E-state index in [-0.39, 0.29) is 4.90 Å². The second-order valence-electron chi connectivity index (χ2n) is 4.94. The lowest BCUT2D eigenvalue weighted by atomic mass is 10.1. The lowest BCUT2D eigenvalue weighted by Crippen LogP contribution is -2.29. The molecule has 0 bridgehead atoms. The Bertz CT molecular complexity index is 539. The van der Waals surface area contributed by atoms with E-state index in [1.807, 2.05) is 0 Å². The minimum Gasteiger partial charge on any atom is -0.623 e. The van der Waals surface area contributed by atoms with E-state index < -0.39 is 15.4 Å². The van der Waals surface area contributed by atoms with Crippen LogP contribution in [0.15, 0.2) is 29.2 Å².